The molecule has 1 rings (SSSR count). The van der Waals surface area contributed by atoms with Crippen LogP contribution in [0.2, 0.25) is 0 Å². The lowest BCUT2D eigenvalue weighted by Gasteiger charge is -2.21. The first kappa shape index (κ1) is 16.7. The zero-order chi connectivity index (χ0) is 14.7. The first-order valence-electron chi connectivity index (χ1n) is 6.41. The third kappa shape index (κ3) is 7.13. The van der Waals surface area contributed by atoms with Crippen LogP contribution < -0.4 is 0 Å². The van der Waals surface area contributed by atoms with Crippen molar-refractivity contribution in [2.24, 2.45) is 5.92 Å². The van der Waals surface area contributed by atoms with Crippen LogP contribution in [-0.2, 0) is 18.6 Å². The van der Waals surface area contributed by atoms with Crippen molar-refractivity contribution in [3.63, 3.8) is 0 Å². The number of likely N-dealkylation sites (tertiary alicyclic amines) is 1. The van der Waals surface area contributed by atoms with Crippen molar-refractivity contribution in [3.05, 3.63) is 0 Å². The van der Waals surface area contributed by atoms with Gasteiger partial charge in [-0.05, 0) is 27.2 Å². The zero-order valence-electron chi connectivity index (χ0n) is 11.7. The Morgan fingerprint density at radius 2 is 2.05 bits per heavy atom. The van der Waals surface area contributed by atoms with E-state index in [-0.39, 0.29) is 29.6 Å². The number of rotatable bonds is 6. The molecule has 19 heavy (non-hydrogen) atoms. The summed E-state index contributed by atoms with van der Waals surface area (Å²) in [5.74, 6) is -0.311. The highest BCUT2D eigenvalue weighted by molar-refractivity contribution is 8.13. The van der Waals surface area contributed by atoms with E-state index < -0.39 is 9.05 Å². The second kappa shape index (κ2) is 6.41. The Morgan fingerprint density at radius 1 is 1.42 bits per heavy atom. The molecule has 5 nitrogen and oxygen atoms in total. The monoisotopic (exact) mass is 311 g/mol. The molecule has 0 aromatic rings. The lowest BCUT2D eigenvalue weighted by Crippen LogP contribution is -2.29. The highest BCUT2D eigenvalue weighted by atomic mass is 35.7. The maximum atomic E-state index is 11.7. The molecule has 1 atom stereocenters. The first-order valence-corrected chi connectivity index (χ1v) is 8.89. The van der Waals surface area contributed by atoms with E-state index in [4.69, 9.17) is 15.4 Å². The van der Waals surface area contributed by atoms with Crippen LogP contribution in [0.3, 0.4) is 0 Å². The molecular weight excluding hydrogens is 290 g/mol. The summed E-state index contributed by atoms with van der Waals surface area (Å²) in [6.07, 6.45) is 1.02. The lowest BCUT2D eigenvalue weighted by atomic mass is 10.1. The molecule has 0 bridgehead atoms. The van der Waals surface area contributed by atoms with E-state index in [0.717, 1.165) is 6.42 Å². The van der Waals surface area contributed by atoms with Gasteiger partial charge in [0.05, 0.1) is 11.4 Å². The van der Waals surface area contributed by atoms with Gasteiger partial charge in [-0.1, -0.05) is 0 Å². The lowest BCUT2D eigenvalue weighted by molar-refractivity contribution is -0.128. The standard InChI is InChI=1S/C12H22ClNO4S/c1-12(2,3)18-6-4-5-14-8-10(7-11(14)15)9-19(13,16)17/h10H,4-9H2,1-3H3. The van der Waals surface area contributed by atoms with Gasteiger partial charge >= 0.3 is 0 Å². The van der Waals surface area contributed by atoms with E-state index in [0.29, 0.717) is 19.7 Å². The number of halogens is 1. The summed E-state index contributed by atoms with van der Waals surface area (Å²) in [5, 5.41) is 0. The zero-order valence-corrected chi connectivity index (χ0v) is 13.3. The van der Waals surface area contributed by atoms with Crippen molar-refractivity contribution in [2.75, 3.05) is 25.4 Å². The van der Waals surface area contributed by atoms with Crippen LogP contribution in [0.4, 0.5) is 0 Å². The molecule has 0 N–H and O–H groups in total. The molecule has 0 spiro atoms. The Bertz CT molecular complexity index is 416. The number of carbonyl (C=O) groups excluding carboxylic acids is 1. The number of nitrogens with zero attached hydrogens (tertiary/aromatic N) is 1. The van der Waals surface area contributed by atoms with Crippen molar-refractivity contribution >= 4 is 25.6 Å². The molecule has 0 saturated carbocycles. The maximum absolute atomic E-state index is 11.7. The molecule has 0 aromatic carbocycles. The number of carbonyl (C=O) groups is 1. The molecule has 1 heterocycles. The van der Waals surface area contributed by atoms with Gasteiger partial charge in [-0.3, -0.25) is 4.79 Å². The van der Waals surface area contributed by atoms with E-state index >= 15 is 0 Å². The van der Waals surface area contributed by atoms with Crippen LogP contribution in [0.25, 0.3) is 0 Å². The van der Waals surface area contributed by atoms with Gasteiger partial charge < -0.3 is 9.64 Å². The summed E-state index contributed by atoms with van der Waals surface area (Å²) in [7, 11) is 1.68. The number of amides is 1. The molecule has 1 fully saturated rings. The third-order valence-corrected chi connectivity index (χ3v) is 4.08. The van der Waals surface area contributed by atoms with E-state index in [1.54, 1.807) is 4.90 Å². The fourth-order valence-corrected chi connectivity index (χ4v) is 3.42. The van der Waals surface area contributed by atoms with Crippen molar-refractivity contribution in [1.29, 1.82) is 0 Å². The molecule has 112 valence electrons. The van der Waals surface area contributed by atoms with Crippen LogP contribution in [0.5, 0.6) is 0 Å². The van der Waals surface area contributed by atoms with E-state index in [9.17, 15) is 13.2 Å². The first-order chi connectivity index (χ1) is 8.57. The smallest absolute Gasteiger partial charge is 0.232 e. The van der Waals surface area contributed by atoms with Crippen LogP contribution >= 0.6 is 10.7 Å². The molecule has 7 heteroatoms. The van der Waals surface area contributed by atoms with Gasteiger partial charge in [0.1, 0.15) is 0 Å². The molecule has 1 unspecified atom stereocenters. The molecule has 1 amide bonds. The van der Waals surface area contributed by atoms with E-state index in [1.165, 1.54) is 0 Å². The minimum Gasteiger partial charge on any atom is -0.376 e. The van der Waals surface area contributed by atoms with Crippen LogP contribution in [0.1, 0.15) is 33.6 Å². The van der Waals surface area contributed by atoms with Crippen molar-refractivity contribution in [2.45, 2.75) is 39.2 Å². The van der Waals surface area contributed by atoms with Crippen molar-refractivity contribution < 1.29 is 17.9 Å². The second-order valence-electron chi connectivity index (χ2n) is 5.93. The predicted octanol–water partition coefficient (Wildman–Crippen LogP) is 1.61. The minimum atomic E-state index is -3.53. The minimum absolute atomic E-state index is 0.000996. The quantitative estimate of drug-likeness (QED) is 0.552. The molecule has 0 aromatic heterocycles. The fraction of sp³-hybridized carbons (Fsp3) is 0.917. The van der Waals surface area contributed by atoms with Gasteiger partial charge in [0, 0.05) is 42.7 Å². The average Bonchev–Trinajstić information content (AvgIpc) is 2.49. The number of hydrogen-bond donors (Lipinski definition) is 0. The molecule has 1 aliphatic heterocycles. The van der Waals surface area contributed by atoms with E-state index in [2.05, 4.69) is 0 Å². The number of hydrogen-bond acceptors (Lipinski definition) is 4. The summed E-state index contributed by atoms with van der Waals surface area (Å²) in [6, 6.07) is 0. The van der Waals surface area contributed by atoms with Gasteiger partial charge in [0.2, 0.25) is 15.0 Å². The van der Waals surface area contributed by atoms with Crippen molar-refractivity contribution in [1.82, 2.24) is 4.90 Å². The third-order valence-electron chi connectivity index (χ3n) is 2.84. The highest BCUT2D eigenvalue weighted by Gasteiger charge is 2.31. The van der Waals surface area contributed by atoms with Gasteiger partial charge in [0.15, 0.2) is 0 Å². The SMILES string of the molecule is CC(C)(C)OCCCN1CC(CS(=O)(=O)Cl)CC1=O. The van der Waals surface area contributed by atoms with Gasteiger partial charge in [0.25, 0.3) is 0 Å². The molecule has 1 aliphatic rings. The normalized spacial score (nSPS) is 21.2. The number of ether oxygens (including phenoxy) is 1. The second-order valence-corrected chi connectivity index (χ2v) is 8.75. The topological polar surface area (TPSA) is 63.7 Å². The van der Waals surface area contributed by atoms with Crippen LogP contribution in [-0.4, -0.2) is 50.3 Å². The van der Waals surface area contributed by atoms with Gasteiger partial charge in [-0.25, -0.2) is 8.42 Å². The molecular formula is C12H22ClNO4S. The summed E-state index contributed by atoms with van der Waals surface area (Å²) in [6.45, 7) is 7.61. The summed E-state index contributed by atoms with van der Waals surface area (Å²) in [4.78, 5) is 13.4. The van der Waals surface area contributed by atoms with Crippen molar-refractivity contribution in [3.8, 4) is 0 Å². The van der Waals surface area contributed by atoms with Gasteiger partial charge in [-0.2, -0.15) is 0 Å². The van der Waals surface area contributed by atoms with Gasteiger partial charge in [-0.15, -0.1) is 0 Å². The Morgan fingerprint density at radius 3 is 2.58 bits per heavy atom. The Balaban J connectivity index is 2.30. The average molecular weight is 312 g/mol. The molecule has 0 radical (unpaired) electrons. The largest absolute Gasteiger partial charge is 0.376 e. The maximum Gasteiger partial charge on any atom is 0.232 e. The predicted molar refractivity (Wildman–Crippen MR) is 74.6 cm³/mol. The summed E-state index contributed by atoms with van der Waals surface area (Å²) >= 11 is 0. The summed E-state index contributed by atoms with van der Waals surface area (Å²) < 4.78 is 27.6. The molecule has 1 saturated heterocycles. The Hall–Kier alpha value is -0.330. The molecule has 0 aliphatic carbocycles. The summed E-state index contributed by atoms with van der Waals surface area (Å²) in [5.41, 5.74) is -0.176. The fourth-order valence-electron chi connectivity index (χ4n) is 2.10. The van der Waals surface area contributed by atoms with Crippen LogP contribution in [0.15, 0.2) is 0 Å². The highest BCUT2D eigenvalue weighted by Crippen LogP contribution is 2.21. The van der Waals surface area contributed by atoms with Crippen LogP contribution in [0, 0.1) is 5.92 Å². The Labute approximate surface area is 119 Å². The Kier molecular flexibility index (Phi) is 5.65. The van der Waals surface area contributed by atoms with E-state index in [1.807, 2.05) is 20.8 Å².